The van der Waals surface area contributed by atoms with E-state index in [2.05, 4.69) is 44.2 Å². The van der Waals surface area contributed by atoms with Gasteiger partial charge in [-0.25, -0.2) is 0 Å². The molecular weight excluding hydrogens is 280 g/mol. The van der Waals surface area contributed by atoms with Gasteiger partial charge < -0.3 is 4.74 Å². The van der Waals surface area contributed by atoms with Gasteiger partial charge in [-0.1, -0.05) is 56.9 Å². The van der Waals surface area contributed by atoms with Gasteiger partial charge in [0.2, 0.25) is 0 Å². The summed E-state index contributed by atoms with van der Waals surface area (Å²) in [6, 6.07) is 8.91. The van der Waals surface area contributed by atoms with Crippen molar-refractivity contribution in [2.75, 3.05) is 6.61 Å². The summed E-state index contributed by atoms with van der Waals surface area (Å²) in [7, 11) is 0. The van der Waals surface area contributed by atoms with Gasteiger partial charge in [0.25, 0.3) is 0 Å². The van der Waals surface area contributed by atoms with Gasteiger partial charge in [-0.15, -0.1) is 0 Å². The van der Waals surface area contributed by atoms with Crippen LogP contribution in [-0.4, -0.2) is 6.61 Å². The summed E-state index contributed by atoms with van der Waals surface area (Å²) in [6.45, 7) is 7.46. The van der Waals surface area contributed by atoms with E-state index in [0.29, 0.717) is 5.92 Å². The van der Waals surface area contributed by atoms with Crippen molar-refractivity contribution in [1.29, 1.82) is 0 Å². The second kappa shape index (κ2) is 9.80. The average Bonchev–Trinajstić information content (AvgIpc) is 2.60. The zero-order valence-electron chi connectivity index (χ0n) is 15.3. The summed E-state index contributed by atoms with van der Waals surface area (Å²) < 4.78 is 5.61. The van der Waals surface area contributed by atoms with E-state index in [0.717, 1.165) is 18.3 Å². The molecule has 2 atom stereocenters. The van der Waals surface area contributed by atoms with E-state index in [1.54, 1.807) is 5.57 Å². The number of ether oxygens (including phenoxy) is 1. The molecule has 0 amide bonds. The van der Waals surface area contributed by atoms with Crippen LogP contribution in [0.15, 0.2) is 35.9 Å². The Bertz CT molecular complexity index is 471. The molecule has 0 spiro atoms. The average molecular weight is 315 g/mol. The first-order valence-corrected chi connectivity index (χ1v) is 9.69. The third-order valence-electron chi connectivity index (χ3n) is 5.24. The van der Waals surface area contributed by atoms with Crippen LogP contribution >= 0.6 is 0 Å². The highest BCUT2D eigenvalue weighted by molar-refractivity contribution is 5.31. The van der Waals surface area contributed by atoms with E-state index in [9.17, 15) is 0 Å². The van der Waals surface area contributed by atoms with E-state index in [1.807, 2.05) is 6.92 Å². The minimum atomic E-state index is 0.667. The van der Waals surface area contributed by atoms with Crippen LogP contribution in [0.1, 0.15) is 83.6 Å². The molecule has 1 aliphatic carbocycles. The topological polar surface area (TPSA) is 9.23 Å². The maximum Gasteiger partial charge on any atom is 0.119 e. The smallest absolute Gasteiger partial charge is 0.119 e. The van der Waals surface area contributed by atoms with Crippen molar-refractivity contribution < 1.29 is 4.74 Å². The van der Waals surface area contributed by atoms with Crippen LogP contribution in [-0.2, 0) is 0 Å². The Morgan fingerprint density at radius 3 is 2.39 bits per heavy atom. The van der Waals surface area contributed by atoms with Crippen molar-refractivity contribution in [3.05, 3.63) is 41.5 Å². The molecule has 1 aromatic carbocycles. The lowest BCUT2D eigenvalue weighted by atomic mass is 9.76. The third-order valence-corrected chi connectivity index (χ3v) is 5.24. The zero-order chi connectivity index (χ0) is 16.5. The SMILES string of the molecule is CCCC(CC)C(CC1=CCCCC1)c1ccc(OCC)cc1. The van der Waals surface area contributed by atoms with Gasteiger partial charge >= 0.3 is 0 Å². The van der Waals surface area contributed by atoms with E-state index < -0.39 is 0 Å². The standard InChI is InChI=1S/C22H34O/c1-4-10-19(5-2)22(17-18-11-8-7-9-12-18)20-13-15-21(16-14-20)23-6-3/h11,13-16,19,22H,4-10,12,17H2,1-3H3. The minimum Gasteiger partial charge on any atom is -0.494 e. The molecule has 2 rings (SSSR count). The lowest BCUT2D eigenvalue weighted by Crippen LogP contribution is -2.14. The van der Waals surface area contributed by atoms with Gasteiger partial charge in [-0.05, 0) is 68.6 Å². The van der Waals surface area contributed by atoms with E-state index in [-0.39, 0.29) is 0 Å². The van der Waals surface area contributed by atoms with Crippen LogP contribution in [0, 0.1) is 5.92 Å². The molecule has 0 saturated carbocycles. The maximum atomic E-state index is 5.61. The monoisotopic (exact) mass is 314 g/mol. The van der Waals surface area contributed by atoms with Crippen LogP contribution in [0.3, 0.4) is 0 Å². The van der Waals surface area contributed by atoms with Crippen molar-refractivity contribution in [2.45, 2.75) is 78.1 Å². The molecule has 1 heteroatoms. The quantitative estimate of drug-likeness (QED) is 0.451. The highest BCUT2D eigenvalue weighted by Crippen LogP contribution is 2.38. The predicted octanol–water partition coefficient (Wildman–Crippen LogP) is 6.89. The fourth-order valence-corrected chi connectivity index (χ4v) is 3.97. The molecule has 0 saturated heterocycles. The molecule has 23 heavy (non-hydrogen) atoms. The fraction of sp³-hybridized carbons (Fsp3) is 0.636. The van der Waals surface area contributed by atoms with Gasteiger partial charge in [0.05, 0.1) is 6.61 Å². The Morgan fingerprint density at radius 1 is 1.04 bits per heavy atom. The maximum absolute atomic E-state index is 5.61. The van der Waals surface area contributed by atoms with Crippen LogP contribution < -0.4 is 4.74 Å². The molecule has 0 bridgehead atoms. The lowest BCUT2D eigenvalue weighted by Gasteiger charge is -2.29. The third kappa shape index (κ3) is 5.41. The molecule has 0 heterocycles. The van der Waals surface area contributed by atoms with Crippen LogP contribution in [0.4, 0.5) is 0 Å². The Labute approximate surface area is 143 Å². The first kappa shape index (κ1) is 18.1. The van der Waals surface area contributed by atoms with Gasteiger partial charge in [-0.2, -0.15) is 0 Å². The van der Waals surface area contributed by atoms with Crippen LogP contribution in [0.25, 0.3) is 0 Å². The largest absolute Gasteiger partial charge is 0.494 e. The summed E-state index contributed by atoms with van der Waals surface area (Å²) in [4.78, 5) is 0. The summed E-state index contributed by atoms with van der Waals surface area (Å²) in [5, 5.41) is 0. The Kier molecular flexibility index (Phi) is 7.71. The van der Waals surface area contributed by atoms with E-state index >= 15 is 0 Å². The molecule has 0 radical (unpaired) electrons. The highest BCUT2D eigenvalue weighted by atomic mass is 16.5. The number of allylic oxidation sites excluding steroid dienone is 2. The Hall–Kier alpha value is -1.24. The number of hydrogen-bond acceptors (Lipinski definition) is 1. The first-order valence-electron chi connectivity index (χ1n) is 9.69. The molecule has 0 aromatic heterocycles. The van der Waals surface area contributed by atoms with Crippen molar-refractivity contribution in [3.8, 4) is 5.75 Å². The summed E-state index contributed by atoms with van der Waals surface area (Å²) >= 11 is 0. The highest BCUT2D eigenvalue weighted by Gasteiger charge is 2.23. The predicted molar refractivity (Wildman–Crippen MR) is 100 cm³/mol. The lowest BCUT2D eigenvalue weighted by molar-refractivity contribution is 0.339. The number of rotatable bonds is 9. The molecule has 0 fully saturated rings. The molecule has 1 nitrogen and oxygen atoms in total. The zero-order valence-corrected chi connectivity index (χ0v) is 15.3. The van der Waals surface area contributed by atoms with Crippen LogP contribution in [0.5, 0.6) is 5.75 Å². The van der Waals surface area contributed by atoms with Gasteiger partial charge in [0.1, 0.15) is 5.75 Å². The molecule has 128 valence electrons. The normalized spacial score (nSPS) is 17.4. The minimum absolute atomic E-state index is 0.667. The molecule has 0 aliphatic heterocycles. The second-order valence-corrected chi connectivity index (χ2v) is 6.88. The molecule has 2 unspecified atom stereocenters. The second-order valence-electron chi connectivity index (χ2n) is 6.88. The summed E-state index contributed by atoms with van der Waals surface area (Å²) in [5.41, 5.74) is 3.20. The molecule has 0 N–H and O–H groups in total. The number of benzene rings is 1. The van der Waals surface area contributed by atoms with Gasteiger partial charge in [0, 0.05) is 0 Å². The van der Waals surface area contributed by atoms with Gasteiger partial charge in [-0.3, -0.25) is 0 Å². The molecule has 1 aliphatic rings. The molecular formula is C22H34O. The number of hydrogen-bond donors (Lipinski definition) is 0. The van der Waals surface area contributed by atoms with Crippen LogP contribution in [0.2, 0.25) is 0 Å². The van der Waals surface area contributed by atoms with Crippen molar-refractivity contribution in [3.63, 3.8) is 0 Å². The summed E-state index contributed by atoms with van der Waals surface area (Å²) in [5.74, 6) is 2.45. The fourth-order valence-electron chi connectivity index (χ4n) is 3.97. The van der Waals surface area contributed by atoms with Crippen molar-refractivity contribution in [1.82, 2.24) is 0 Å². The Morgan fingerprint density at radius 2 is 1.83 bits per heavy atom. The first-order chi connectivity index (χ1) is 11.3. The van der Waals surface area contributed by atoms with Gasteiger partial charge in [0.15, 0.2) is 0 Å². The Balaban J connectivity index is 2.18. The van der Waals surface area contributed by atoms with E-state index in [4.69, 9.17) is 4.74 Å². The summed E-state index contributed by atoms with van der Waals surface area (Å²) in [6.07, 6.45) is 13.0. The van der Waals surface area contributed by atoms with E-state index in [1.165, 1.54) is 56.9 Å². The van der Waals surface area contributed by atoms with Crippen molar-refractivity contribution >= 4 is 0 Å². The van der Waals surface area contributed by atoms with Crippen molar-refractivity contribution in [2.24, 2.45) is 5.92 Å². The molecule has 1 aromatic rings.